The molecule has 2 aliphatic heterocycles. The molecule has 2 aromatic heterocycles. The van der Waals surface area contributed by atoms with Crippen LogP contribution in [0.25, 0.3) is 0 Å². The Morgan fingerprint density at radius 2 is 2.14 bits per heavy atom. The van der Waals surface area contributed by atoms with Crippen molar-refractivity contribution in [2.24, 2.45) is 5.92 Å². The minimum absolute atomic E-state index is 0.0705. The van der Waals surface area contributed by atoms with Gasteiger partial charge < -0.3 is 9.84 Å². The molecular formula is C22H31N5O2. The van der Waals surface area contributed by atoms with Crippen molar-refractivity contribution in [3.8, 4) is 0 Å². The van der Waals surface area contributed by atoms with Gasteiger partial charge in [0.1, 0.15) is 0 Å². The van der Waals surface area contributed by atoms with Gasteiger partial charge in [-0.1, -0.05) is 11.2 Å². The van der Waals surface area contributed by atoms with Crippen LogP contribution in [0.1, 0.15) is 42.7 Å². The van der Waals surface area contributed by atoms with E-state index >= 15 is 0 Å². The van der Waals surface area contributed by atoms with E-state index in [-0.39, 0.29) is 11.8 Å². The highest BCUT2D eigenvalue weighted by atomic mass is 16.5. The van der Waals surface area contributed by atoms with Gasteiger partial charge in [-0.15, -0.1) is 0 Å². The van der Waals surface area contributed by atoms with E-state index in [0.717, 1.165) is 51.3 Å². The van der Waals surface area contributed by atoms with Crippen molar-refractivity contribution < 1.29 is 9.32 Å². The molecule has 0 bridgehead atoms. The molecule has 0 aliphatic carbocycles. The van der Waals surface area contributed by atoms with Crippen LogP contribution < -0.4 is 5.32 Å². The molecule has 0 radical (unpaired) electrons. The number of aromatic nitrogens is 2. The number of hydrogen-bond donors (Lipinski definition) is 1. The zero-order valence-electron chi connectivity index (χ0n) is 17.2. The number of carbonyl (C=O) groups excluding carboxylic acids is 1. The van der Waals surface area contributed by atoms with Crippen LogP contribution in [0.15, 0.2) is 35.1 Å². The molecule has 29 heavy (non-hydrogen) atoms. The maximum Gasteiger partial charge on any atom is 0.224 e. The fourth-order valence-corrected chi connectivity index (χ4v) is 4.56. The second-order valence-corrected chi connectivity index (χ2v) is 8.36. The van der Waals surface area contributed by atoms with E-state index in [9.17, 15) is 4.79 Å². The first-order chi connectivity index (χ1) is 14.2. The number of amides is 1. The Morgan fingerprint density at radius 3 is 2.86 bits per heavy atom. The third kappa shape index (κ3) is 5.42. The van der Waals surface area contributed by atoms with E-state index in [0.29, 0.717) is 18.3 Å². The molecule has 1 amide bonds. The van der Waals surface area contributed by atoms with Crippen molar-refractivity contribution in [1.29, 1.82) is 0 Å². The SMILES string of the molecule is Cc1cc(CNC(=O)[C@H]2CCCN(C3CCN(Cc4cccnc4)CC3)C2)on1. The topological polar surface area (TPSA) is 74.5 Å². The zero-order chi connectivity index (χ0) is 20.1. The number of carbonyl (C=O) groups is 1. The maximum atomic E-state index is 12.6. The first kappa shape index (κ1) is 20.0. The molecular weight excluding hydrogens is 366 g/mol. The van der Waals surface area contributed by atoms with E-state index in [1.807, 2.05) is 31.5 Å². The van der Waals surface area contributed by atoms with Crippen molar-refractivity contribution in [1.82, 2.24) is 25.3 Å². The highest BCUT2D eigenvalue weighted by molar-refractivity contribution is 5.78. The third-order valence-electron chi connectivity index (χ3n) is 6.14. The number of pyridine rings is 1. The summed E-state index contributed by atoms with van der Waals surface area (Å²) in [6.45, 7) is 7.48. The molecule has 7 nitrogen and oxygen atoms in total. The largest absolute Gasteiger partial charge is 0.359 e. The average Bonchev–Trinajstić information content (AvgIpc) is 3.18. The highest BCUT2D eigenvalue weighted by Crippen LogP contribution is 2.24. The Bertz CT molecular complexity index is 786. The Morgan fingerprint density at radius 1 is 1.28 bits per heavy atom. The van der Waals surface area contributed by atoms with Crippen molar-refractivity contribution in [2.75, 3.05) is 26.2 Å². The van der Waals surface area contributed by atoms with Crippen LogP contribution in [-0.2, 0) is 17.9 Å². The normalized spacial score (nSPS) is 21.9. The van der Waals surface area contributed by atoms with Crippen molar-refractivity contribution in [3.63, 3.8) is 0 Å². The lowest BCUT2D eigenvalue weighted by Gasteiger charge is -2.42. The summed E-state index contributed by atoms with van der Waals surface area (Å²) in [6, 6.07) is 6.61. The lowest BCUT2D eigenvalue weighted by Crippen LogP contribution is -2.50. The summed E-state index contributed by atoms with van der Waals surface area (Å²) < 4.78 is 5.19. The van der Waals surface area contributed by atoms with Gasteiger partial charge in [-0.2, -0.15) is 0 Å². The molecule has 2 aromatic rings. The van der Waals surface area contributed by atoms with Gasteiger partial charge in [0.05, 0.1) is 18.2 Å². The average molecular weight is 398 g/mol. The summed E-state index contributed by atoms with van der Waals surface area (Å²) in [7, 11) is 0. The summed E-state index contributed by atoms with van der Waals surface area (Å²) in [4.78, 5) is 21.9. The van der Waals surface area contributed by atoms with Gasteiger partial charge in [0, 0.05) is 37.6 Å². The molecule has 2 fully saturated rings. The van der Waals surface area contributed by atoms with E-state index < -0.39 is 0 Å². The molecule has 1 atom stereocenters. The molecule has 0 unspecified atom stereocenters. The van der Waals surface area contributed by atoms with Gasteiger partial charge in [-0.25, -0.2) is 0 Å². The molecule has 1 N–H and O–H groups in total. The van der Waals surface area contributed by atoms with E-state index in [4.69, 9.17) is 4.52 Å². The van der Waals surface area contributed by atoms with Crippen molar-refractivity contribution in [2.45, 2.75) is 51.7 Å². The van der Waals surface area contributed by atoms with Crippen molar-refractivity contribution in [3.05, 3.63) is 47.6 Å². The Balaban J connectivity index is 1.23. The molecule has 0 spiro atoms. The standard InChI is InChI=1S/C22H31N5O2/c1-17-12-21(29-25-17)14-24-22(28)19-5-3-9-27(16-19)20-6-10-26(11-7-20)15-18-4-2-8-23-13-18/h2,4,8,12-13,19-20H,3,5-7,9-11,14-16H2,1H3,(H,24,28)/t19-/m0/s1. The number of nitrogens with one attached hydrogen (secondary N) is 1. The summed E-state index contributed by atoms with van der Waals surface area (Å²) in [5.74, 6) is 0.920. The monoisotopic (exact) mass is 397 g/mol. The Kier molecular flexibility index (Phi) is 6.56. The first-order valence-electron chi connectivity index (χ1n) is 10.7. The molecule has 0 aromatic carbocycles. The van der Waals surface area contributed by atoms with Crippen LogP contribution in [0.2, 0.25) is 0 Å². The van der Waals surface area contributed by atoms with Crippen LogP contribution in [0, 0.1) is 12.8 Å². The first-order valence-corrected chi connectivity index (χ1v) is 10.7. The summed E-state index contributed by atoms with van der Waals surface area (Å²) in [5.41, 5.74) is 2.12. The summed E-state index contributed by atoms with van der Waals surface area (Å²) in [6.07, 6.45) is 8.19. The predicted octanol–water partition coefficient (Wildman–Crippen LogP) is 2.37. The van der Waals surface area contributed by atoms with Gasteiger partial charge >= 0.3 is 0 Å². The molecule has 2 saturated heterocycles. The van der Waals surface area contributed by atoms with Gasteiger partial charge in [0.15, 0.2) is 5.76 Å². The Labute approximate surface area is 172 Å². The lowest BCUT2D eigenvalue weighted by atomic mass is 9.93. The van der Waals surface area contributed by atoms with E-state index in [1.165, 1.54) is 18.4 Å². The number of nitrogens with zero attached hydrogens (tertiary/aromatic N) is 4. The van der Waals surface area contributed by atoms with E-state index in [1.54, 1.807) is 0 Å². The van der Waals surface area contributed by atoms with Crippen molar-refractivity contribution >= 4 is 5.91 Å². The van der Waals surface area contributed by atoms with Crippen LogP contribution in [0.4, 0.5) is 0 Å². The second kappa shape index (κ2) is 9.50. The lowest BCUT2D eigenvalue weighted by molar-refractivity contribution is -0.127. The smallest absolute Gasteiger partial charge is 0.224 e. The number of aryl methyl sites for hydroxylation is 1. The minimum Gasteiger partial charge on any atom is -0.359 e. The Hall–Kier alpha value is -2.25. The number of rotatable bonds is 6. The van der Waals surface area contributed by atoms with E-state index in [2.05, 4.69) is 31.3 Å². The van der Waals surface area contributed by atoms with Crippen LogP contribution in [0.5, 0.6) is 0 Å². The summed E-state index contributed by atoms with van der Waals surface area (Å²) in [5, 5.41) is 6.90. The second-order valence-electron chi connectivity index (χ2n) is 8.36. The zero-order valence-corrected chi connectivity index (χ0v) is 17.2. The molecule has 0 saturated carbocycles. The van der Waals surface area contributed by atoms with Gasteiger partial charge in [0.25, 0.3) is 0 Å². The molecule has 4 heterocycles. The van der Waals surface area contributed by atoms with Crippen LogP contribution in [0.3, 0.4) is 0 Å². The highest BCUT2D eigenvalue weighted by Gasteiger charge is 2.31. The quantitative estimate of drug-likeness (QED) is 0.807. The molecule has 2 aliphatic rings. The molecule has 7 heteroatoms. The van der Waals surface area contributed by atoms with Crippen LogP contribution >= 0.6 is 0 Å². The van der Waals surface area contributed by atoms with Gasteiger partial charge in [0.2, 0.25) is 5.91 Å². The van der Waals surface area contributed by atoms with Gasteiger partial charge in [-0.05, 0) is 63.9 Å². The minimum atomic E-state index is 0.0705. The number of likely N-dealkylation sites (tertiary alicyclic amines) is 2. The maximum absolute atomic E-state index is 12.6. The van der Waals surface area contributed by atoms with Gasteiger partial charge in [-0.3, -0.25) is 19.6 Å². The molecule has 156 valence electrons. The number of hydrogen-bond acceptors (Lipinski definition) is 6. The van der Waals surface area contributed by atoms with Crippen LogP contribution in [-0.4, -0.2) is 58.1 Å². The predicted molar refractivity (Wildman–Crippen MR) is 110 cm³/mol. The fourth-order valence-electron chi connectivity index (χ4n) is 4.56. The molecule has 4 rings (SSSR count). The summed E-state index contributed by atoms with van der Waals surface area (Å²) >= 11 is 0. The third-order valence-corrected chi connectivity index (χ3v) is 6.14. The fraction of sp³-hybridized carbons (Fsp3) is 0.591. The number of piperidine rings is 2.